The zero-order valence-corrected chi connectivity index (χ0v) is 24.5. The van der Waals surface area contributed by atoms with E-state index in [0.29, 0.717) is 44.3 Å². The molecule has 2 fully saturated rings. The molecule has 39 heavy (non-hydrogen) atoms. The number of hydrogen-bond donors (Lipinski definition) is 2. The first kappa shape index (κ1) is 31.4. The molecule has 2 aliphatic heterocycles. The van der Waals surface area contributed by atoms with Gasteiger partial charge in [0.1, 0.15) is 6.61 Å². The van der Waals surface area contributed by atoms with E-state index in [-0.39, 0.29) is 30.3 Å². The third kappa shape index (κ3) is 9.80. The van der Waals surface area contributed by atoms with Crippen LogP contribution in [0.25, 0.3) is 0 Å². The molecule has 0 radical (unpaired) electrons. The lowest BCUT2D eigenvalue weighted by Crippen LogP contribution is -2.48. The number of thiol groups is 1. The first-order chi connectivity index (χ1) is 18.9. The lowest BCUT2D eigenvalue weighted by atomic mass is 9.76. The van der Waals surface area contributed by atoms with Crippen LogP contribution in [0.2, 0.25) is 5.02 Å². The van der Waals surface area contributed by atoms with E-state index in [1.807, 2.05) is 30.3 Å². The summed E-state index contributed by atoms with van der Waals surface area (Å²) in [6, 6.07) is 19.1. The lowest BCUT2D eigenvalue weighted by molar-refractivity contribution is -0.152. The number of likely N-dealkylation sites (N-methyl/N-ethyl adjacent to an activating group) is 2. The van der Waals surface area contributed by atoms with Gasteiger partial charge in [-0.1, -0.05) is 54.1 Å². The minimum Gasteiger partial charge on any atom is -0.465 e. The van der Waals surface area contributed by atoms with Crippen molar-refractivity contribution in [2.75, 3.05) is 52.9 Å². The molecule has 7 nitrogen and oxygen atoms in total. The van der Waals surface area contributed by atoms with Crippen LogP contribution >= 0.6 is 24.2 Å². The van der Waals surface area contributed by atoms with Crippen LogP contribution < -0.4 is 5.32 Å². The van der Waals surface area contributed by atoms with Crippen molar-refractivity contribution >= 4 is 36.1 Å². The number of amides is 1. The van der Waals surface area contributed by atoms with Gasteiger partial charge in [0.2, 0.25) is 5.91 Å². The van der Waals surface area contributed by atoms with Crippen molar-refractivity contribution in [1.82, 2.24) is 10.2 Å². The van der Waals surface area contributed by atoms with Crippen LogP contribution in [0.4, 0.5) is 0 Å². The Bertz CT molecular complexity index is 1010. The molecule has 4 rings (SSSR count). The van der Waals surface area contributed by atoms with Crippen molar-refractivity contribution < 1.29 is 23.8 Å². The highest BCUT2D eigenvalue weighted by molar-refractivity contribution is 7.80. The third-order valence-electron chi connectivity index (χ3n) is 7.42. The Kier molecular flexibility index (Phi) is 13.6. The molecule has 4 atom stereocenters. The average Bonchev–Trinajstić information content (AvgIpc) is 3.18. The molecule has 0 aliphatic carbocycles. The first-order valence-electron chi connectivity index (χ1n) is 13.6. The van der Waals surface area contributed by atoms with Crippen molar-refractivity contribution in [3.05, 3.63) is 70.7 Å². The third-order valence-corrected chi connectivity index (χ3v) is 7.86. The molecule has 1 amide bonds. The monoisotopic (exact) mass is 576 g/mol. The topological polar surface area (TPSA) is 77.1 Å². The molecule has 0 spiro atoms. The number of hydrogen-bond acceptors (Lipinski definition) is 7. The second-order valence-electron chi connectivity index (χ2n) is 9.85. The van der Waals surface area contributed by atoms with Crippen LogP contribution in [0, 0.1) is 5.92 Å². The average molecular weight is 577 g/mol. The number of carbonyl (C=O) groups is 2. The van der Waals surface area contributed by atoms with E-state index in [2.05, 4.69) is 54.2 Å². The lowest BCUT2D eigenvalue weighted by Gasteiger charge is -2.42. The zero-order valence-electron chi connectivity index (χ0n) is 22.9. The van der Waals surface area contributed by atoms with E-state index in [1.54, 1.807) is 7.05 Å². The minimum atomic E-state index is -0.121. The molecule has 2 heterocycles. The number of nitrogens with zero attached hydrogens (tertiary/aromatic N) is 1. The maximum Gasteiger partial charge on any atom is 0.309 e. The van der Waals surface area contributed by atoms with Gasteiger partial charge in [0.15, 0.2) is 0 Å². The summed E-state index contributed by atoms with van der Waals surface area (Å²) in [5.74, 6) is 0.640. The smallest absolute Gasteiger partial charge is 0.309 e. The number of esters is 1. The Balaban J connectivity index is 0.000000298. The molecule has 0 saturated carbocycles. The van der Waals surface area contributed by atoms with Gasteiger partial charge in [-0.05, 0) is 49.6 Å². The number of rotatable bonds is 12. The summed E-state index contributed by atoms with van der Waals surface area (Å²) in [6.45, 7) is 2.11. The van der Waals surface area contributed by atoms with Crippen LogP contribution in [0.3, 0.4) is 0 Å². The summed E-state index contributed by atoms with van der Waals surface area (Å²) >= 11 is 10.0. The minimum absolute atomic E-state index is 0.0455. The quantitative estimate of drug-likeness (QED) is 0.222. The van der Waals surface area contributed by atoms with Crippen molar-refractivity contribution in [2.24, 2.45) is 5.92 Å². The van der Waals surface area contributed by atoms with Crippen molar-refractivity contribution in [3.63, 3.8) is 0 Å². The molecule has 0 aromatic heterocycles. The molecule has 2 bridgehead atoms. The van der Waals surface area contributed by atoms with Crippen LogP contribution in [0.1, 0.15) is 36.3 Å². The van der Waals surface area contributed by atoms with Crippen LogP contribution in [0.15, 0.2) is 54.6 Å². The highest BCUT2D eigenvalue weighted by atomic mass is 35.5. The Morgan fingerprint density at radius 1 is 1.00 bits per heavy atom. The van der Waals surface area contributed by atoms with Crippen LogP contribution in [-0.4, -0.2) is 81.7 Å². The fourth-order valence-corrected chi connectivity index (χ4v) is 5.65. The second kappa shape index (κ2) is 16.9. The van der Waals surface area contributed by atoms with Crippen molar-refractivity contribution in [1.29, 1.82) is 0 Å². The molecule has 214 valence electrons. The van der Waals surface area contributed by atoms with Gasteiger partial charge in [0.05, 0.1) is 32.3 Å². The van der Waals surface area contributed by atoms with Gasteiger partial charge >= 0.3 is 5.97 Å². The molecule has 1 N–H and O–H groups in total. The van der Waals surface area contributed by atoms with E-state index in [0.717, 1.165) is 24.3 Å². The number of nitrogens with one attached hydrogen (secondary N) is 1. The molecule has 2 aliphatic rings. The van der Waals surface area contributed by atoms with Gasteiger partial charge < -0.3 is 19.5 Å². The number of benzene rings is 2. The summed E-state index contributed by atoms with van der Waals surface area (Å²) in [4.78, 5) is 26.1. The van der Waals surface area contributed by atoms with Gasteiger partial charge in [-0.2, -0.15) is 12.6 Å². The van der Waals surface area contributed by atoms with Gasteiger partial charge in [0, 0.05) is 42.2 Å². The van der Waals surface area contributed by atoms with Gasteiger partial charge in [-0.25, -0.2) is 0 Å². The largest absolute Gasteiger partial charge is 0.465 e. The van der Waals surface area contributed by atoms with Crippen LogP contribution in [-0.2, 0) is 30.2 Å². The van der Waals surface area contributed by atoms with Crippen molar-refractivity contribution in [2.45, 2.75) is 43.7 Å². The SMILES string of the molecule is CN1[C@@H]2CC[C@H]1C(c1ccc(Cl)cc1)C(C(=O)OCCc1ccccc1)C2.CNC(=O)COCCOCCS. The molecule has 2 aromatic carbocycles. The molecule has 9 heteroatoms. The number of ether oxygens (including phenoxy) is 3. The Morgan fingerprint density at radius 2 is 1.72 bits per heavy atom. The highest BCUT2D eigenvalue weighted by Crippen LogP contribution is 2.47. The van der Waals surface area contributed by atoms with Crippen LogP contribution in [0.5, 0.6) is 0 Å². The Morgan fingerprint density at radius 3 is 2.41 bits per heavy atom. The van der Waals surface area contributed by atoms with E-state index in [1.165, 1.54) is 17.5 Å². The Labute approximate surface area is 242 Å². The van der Waals surface area contributed by atoms with Crippen molar-refractivity contribution in [3.8, 4) is 0 Å². The predicted octanol–water partition coefficient (Wildman–Crippen LogP) is 4.39. The maximum absolute atomic E-state index is 13.0. The molecule has 2 saturated heterocycles. The zero-order chi connectivity index (χ0) is 28.0. The second-order valence-corrected chi connectivity index (χ2v) is 10.7. The fraction of sp³-hybridized carbons (Fsp3) is 0.533. The van der Waals surface area contributed by atoms with E-state index >= 15 is 0 Å². The molecule has 2 aromatic rings. The van der Waals surface area contributed by atoms with Gasteiger partial charge in [0.25, 0.3) is 0 Å². The van der Waals surface area contributed by atoms with E-state index in [9.17, 15) is 9.59 Å². The number of piperidine rings is 1. The highest BCUT2D eigenvalue weighted by Gasteiger charge is 2.49. The Hall–Kier alpha value is -2.10. The summed E-state index contributed by atoms with van der Waals surface area (Å²) < 4.78 is 15.8. The molecular formula is C30H41ClN2O5S. The maximum atomic E-state index is 13.0. The standard InChI is InChI=1S/C23H26ClNO2.C7H15NO3S/c1-25-19-11-12-21(25)22(17-7-9-18(24)10-8-17)20(15-19)23(26)27-14-13-16-5-3-2-4-6-16;1-8-7(9)6-11-3-2-10-4-5-12/h2-10,19-22H,11-15H2,1H3;12H,2-6H2,1H3,(H,8,9)/t19-,20?,21+,22?;/m1./s1. The molecular weight excluding hydrogens is 536 g/mol. The van der Waals surface area contributed by atoms with E-state index in [4.69, 9.17) is 25.8 Å². The number of carbonyl (C=O) groups excluding carboxylic acids is 2. The van der Waals surface area contributed by atoms with E-state index < -0.39 is 0 Å². The summed E-state index contributed by atoms with van der Waals surface area (Å²) in [5, 5.41) is 3.18. The normalized spacial score (nSPS) is 22.1. The predicted molar refractivity (Wildman–Crippen MR) is 158 cm³/mol. The molecule has 2 unspecified atom stereocenters. The summed E-state index contributed by atoms with van der Waals surface area (Å²) in [6.07, 6.45) is 3.95. The van der Waals surface area contributed by atoms with Gasteiger partial charge in [-0.15, -0.1) is 0 Å². The summed E-state index contributed by atoms with van der Waals surface area (Å²) in [7, 11) is 3.77. The van der Waals surface area contributed by atoms with Gasteiger partial charge in [-0.3, -0.25) is 14.5 Å². The summed E-state index contributed by atoms with van der Waals surface area (Å²) in [5.41, 5.74) is 2.39. The number of halogens is 1. The fourth-order valence-electron chi connectivity index (χ4n) is 5.39. The number of fused-ring (bicyclic) bond motifs is 2. The first-order valence-corrected chi connectivity index (χ1v) is 14.6.